The molecule has 0 radical (unpaired) electrons. The fourth-order valence-electron chi connectivity index (χ4n) is 3.22. The van der Waals surface area contributed by atoms with Crippen LogP contribution in [0.3, 0.4) is 0 Å². The highest BCUT2D eigenvalue weighted by molar-refractivity contribution is 7.57. The van der Waals surface area contributed by atoms with Crippen molar-refractivity contribution in [1.29, 1.82) is 0 Å². The second kappa shape index (κ2) is 8.83. The summed E-state index contributed by atoms with van der Waals surface area (Å²) < 4.78 is 11.1. The van der Waals surface area contributed by atoms with Crippen LogP contribution in [0.1, 0.15) is 39.5 Å². The molecule has 0 aromatic heterocycles. The minimum Gasteiger partial charge on any atom is -0.365 e. The highest BCUT2D eigenvalue weighted by Gasteiger charge is 2.43. The van der Waals surface area contributed by atoms with Gasteiger partial charge in [-0.3, -0.25) is 14.2 Å². The quantitative estimate of drug-likeness (QED) is 0.270. The molecular formula is C20H32N3O4P. The van der Waals surface area contributed by atoms with Gasteiger partial charge in [0.1, 0.15) is 11.4 Å². The van der Waals surface area contributed by atoms with Crippen molar-refractivity contribution in [2.24, 2.45) is 0 Å². The number of allylic oxidation sites excluding steroid dienone is 1. The van der Waals surface area contributed by atoms with Gasteiger partial charge in [-0.05, 0) is 6.42 Å². The molecule has 8 heteroatoms. The van der Waals surface area contributed by atoms with Crippen molar-refractivity contribution in [3.05, 3.63) is 23.2 Å². The van der Waals surface area contributed by atoms with E-state index in [1.54, 1.807) is 6.92 Å². The van der Waals surface area contributed by atoms with E-state index >= 15 is 0 Å². The molecule has 156 valence electrons. The van der Waals surface area contributed by atoms with Gasteiger partial charge in [0, 0.05) is 57.7 Å². The maximum absolute atomic E-state index is 12.4. The number of nitrogens with zero attached hydrogens (tertiary/aromatic N) is 3. The lowest BCUT2D eigenvalue weighted by atomic mass is 10.0. The number of carbonyl (C=O) groups is 2. The third kappa shape index (κ3) is 5.48. The van der Waals surface area contributed by atoms with Gasteiger partial charge in [0.2, 0.25) is 11.6 Å². The molecule has 7 nitrogen and oxygen atoms in total. The molecule has 0 aromatic rings. The second-order valence-corrected chi connectivity index (χ2v) is 10.6. The lowest BCUT2D eigenvalue weighted by molar-refractivity contribution is -0.117. The summed E-state index contributed by atoms with van der Waals surface area (Å²) in [6.07, 6.45) is 6.85. The Morgan fingerprint density at radius 3 is 1.96 bits per heavy atom. The van der Waals surface area contributed by atoms with Crippen LogP contribution in [0.15, 0.2) is 23.2 Å². The molecule has 0 saturated carbocycles. The van der Waals surface area contributed by atoms with Crippen LogP contribution in [0.25, 0.3) is 0 Å². The van der Waals surface area contributed by atoms with Crippen LogP contribution in [-0.2, 0) is 14.2 Å². The zero-order valence-electron chi connectivity index (χ0n) is 17.0. The highest BCUT2D eigenvalue weighted by atomic mass is 31.2. The van der Waals surface area contributed by atoms with E-state index in [9.17, 15) is 19.0 Å². The normalized spacial score (nSPS) is 22.5. The average Bonchev–Trinajstić information content (AvgIpc) is 3.48. The van der Waals surface area contributed by atoms with Crippen molar-refractivity contribution in [3.8, 4) is 0 Å². The first-order valence-corrected chi connectivity index (χ1v) is 12.5. The molecule has 4 aliphatic rings. The summed E-state index contributed by atoms with van der Waals surface area (Å²) in [7, 11) is -2.71. The number of Topliss-reactive ketones (excluding diaryl/α,β-unsaturated/α-hetero) is 1. The zero-order valence-corrected chi connectivity index (χ0v) is 17.9. The number of ketones is 2. The van der Waals surface area contributed by atoms with Crippen LogP contribution in [0.2, 0.25) is 0 Å². The molecule has 4 rings (SSSR count). The van der Waals surface area contributed by atoms with E-state index in [-0.39, 0.29) is 11.6 Å². The minimum atomic E-state index is -2.71. The Balaban J connectivity index is 0.000000180. The summed E-state index contributed by atoms with van der Waals surface area (Å²) in [5.74, 6) is 0.0485. The van der Waals surface area contributed by atoms with Crippen molar-refractivity contribution in [2.45, 2.75) is 39.5 Å². The fraction of sp³-hybridized carbons (Fsp3) is 0.700. The van der Waals surface area contributed by atoms with Crippen molar-refractivity contribution in [1.82, 2.24) is 14.7 Å². The van der Waals surface area contributed by atoms with Gasteiger partial charge < -0.3 is 19.6 Å². The zero-order chi connectivity index (χ0) is 20.3. The maximum atomic E-state index is 12.4. The van der Waals surface area contributed by atoms with Crippen LogP contribution in [0.5, 0.6) is 0 Å². The maximum Gasteiger partial charge on any atom is 0.227 e. The lowest BCUT2D eigenvalue weighted by Crippen LogP contribution is -2.29. The molecule has 1 N–H and O–H groups in total. The summed E-state index contributed by atoms with van der Waals surface area (Å²) in [6, 6.07) is 0. The Hall–Kier alpha value is -1.59. The lowest BCUT2D eigenvalue weighted by Gasteiger charge is -2.21. The Bertz CT molecular complexity index is 734. The molecule has 1 unspecified atom stereocenters. The molecular weight excluding hydrogens is 377 g/mol. The predicted molar refractivity (Wildman–Crippen MR) is 109 cm³/mol. The van der Waals surface area contributed by atoms with E-state index in [0.717, 1.165) is 52.1 Å². The van der Waals surface area contributed by atoms with Crippen molar-refractivity contribution in [3.63, 3.8) is 0 Å². The number of hydrogen-bond acceptors (Lipinski definition) is 6. The van der Waals surface area contributed by atoms with Crippen molar-refractivity contribution >= 4 is 18.9 Å². The predicted octanol–water partition coefficient (Wildman–Crippen LogP) is 2.04. The van der Waals surface area contributed by atoms with Crippen LogP contribution in [0.4, 0.5) is 0 Å². The topological polar surface area (TPSA) is 80.5 Å². The van der Waals surface area contributed by atoms with Crippen LogP contribution in [0, 0.1) is 0 Å². The van der Waals surface area contributed by atoms with Gasteiger partial charge in [0.15, 0.2) is 7.37 Å². The third-order valence-corrected chi connectivity index (χ3v) is 7.35. The molecule has 1 aliphatic carbocycles. The summed E-state index contributed by atoms with van der Waals surface area (Å²) in [5, 5.41) is 0. The Morgan fingerprint density at radius 1 is 0.893 bits per heavy atom. The van der Waals surface area contributed by atoms with Crippen LogP contribution in [-0.4, -0.2) is 82.8 Å². The van der Waals surface area contributed by atoms with Crippen molar-refractivity contribution < 1.29 is 19.0 Å². The van der Waals surface area contributed by atoms with Gasteiger partial charge in [0.05, 0.1) is 5.70 Å². The molecule has 0 bridgehead atoms. The van der Waals surface area contributed by atoms with E-state index in [1.807, 2.05) is 14.7 Å². The molecule has 3 heterocycles. The molecule has 0 aromatic carbocycles. The average molecular weight is 409 g/mol. The molecule has 0 amide bonds. The largest absolute Gasteiger partial charge is 0.365 e. The first-order chi connectivity index (χ1) is 13.4. The second-order valence-electron chi connectivity index (χ2n) is 7.83. The van der Waals surface area contributed by atoms with Gasteiger partial charge in [-0.2, -0.15) is 0 Å². The van der Waals surface area contributed by atoms with Gasteiger partial charge >= 0.3 is 0 Å². The Labute approximate surface area is 167 Å². The van der Waals surface area contributed by atoms with Gasteiger partial charge in [-0.1, -0.05) is 33.1 Å². The van der Waals surface area contributed by atoms with Crippen LogP contribution >= 0.6 is 7.37 Å². The van der Waals surface area contributed by atoms with Crippen molar-refractivity contribution in [2.75, 3.05) is 51.6 Å². The first-order valence-electron chi connectivity index (χ1n) is 10.5. The molecule has 28 heavy (non-hydrogen) atoms. The number of carbonyl (C=O) groups excluding carboxylic acids is 2. The minimum absolute atomic E-state index is 0.00546. The summed E-state index contributed by atoms with van der Waals surface area (Å²) in [4.78, 5) is 39.6. The molecule has 3 aliphatic heterocycles. The molecule has 0 spiro atoms. The third-order valence-electron chi connectivity index (χ3n) is 5.34. The monoisotopic (exact) mass is 409 g/mol. The fourth-order valence-corrected chi connectivity index (χ4v) is 4.25. The summed E-state index contributed by atoms with van der Waals surface area (Å²) in [5.41, 5.74) is 1.89. The SMILES string of the molecule is CCCCCCP(=O)(O)CC.O=C1C=C(N2CC2)C(=O)C(N2CC2)=C1N1CC1. The van der Waals surface area contributed by atoms with E-state index in [0.29, 0.717) is 29.4 Å². The standard InChI is InChI=1S/C12H13N3O2.C8H19O2P/c16-9-7-8(13-1-2-13)12(17)11(15-5-6-15)10(9)14-3-4-14;1-3-5-6-7-8-11(9,10)4-2/h7H,1-6H2;3-8H2,1-2H3,(H,9,10). The summed E-state index contributed by atoms with van der Waals surface area (Å²) >= 11 is 0. The Kier molecular flexibility index (Phi) is 6.66. The first kappa shape index (κ1) is 21.1. The van der Waals surface area contributed by atoms with Gasteiger partial charge in [-0.15, -0.1) is 0 Å². The highest BCUT2D eigenvalue weighted by Crippen LogP contribution is 2.40. The molecule has 3 saturated heterocycles. The number of hydrogen-bond donors (Lipinski definition) is 1. The van der Waals surface area contributed by atoms with Gasteiger partial charge in [0.25, 0.3) is 0 Å². The molecule has 1 atom stereocenters. The van der Waals surface area contributed by atoms with Gasteiger partial charge in [-0.25, -0.2) is 0 Å². The van der Waals surface area contributed by atoms with Crippen LogP contribution < -0.4 is 0 Å². The Morgan fingerprint density at radius 2 is 1.46 bits per heavy atom. The van der Waals surface area contributed by atoms with E-state index in [4.69, 9.17) is 0 Å². The smallest absolute Gasteiger partial charge is 0.227 e. The van der Waals surface area contributed by atoms with E-state index in [1.165, 1.54) is 18.9 Å². The number of unbranched alkanes of at least 4 members (excludes halogenated alkanes) is 3. The molecule has 3 fully saturated rings. The van der Waals surface area contributed by atoms with E-state index in [2.05, 4.69) is 6.92 Å². The number of rotatable bonds is 9. The van der Waals surface area contributed by atoms with E-state index < -0.39 is 7.37 Å². The summed E-state index contributed by atoms with van der Waals surface area (Å²) in [6.45, 7) is 9.32.